The molecule has 1 aromatic rings. The fourth-order valence-corrected chi connectivity index (χ4v) is 4.86. The summed E-state index contributed by atoms with van der Waals surface area (Å²) >= 11 is 0. The third-order valence-corrected chi connectivity index (χ3v) is 6.84. The van der Waals surface area contributed by atoms with E-state index in [1.807, 2.05) is 24.3 Å². The van der Waals surface area contributed by atoms with Crippen LogP contribution in [0.15, 0.2) is 43.0 Å². The van der Waals surface area contributed by atoms with Crippen LogP contribution in [-0.2, 0) is 18.0 Å². The second-order valence-electron chi connectivity index (χ2n) is 5.54. The SMILES string of the molecule is C=CCN(CC1COCCC[Si](OC)(OC)O1)c1ccccc1. The summed E-state index contributed by atoms with van der Waals surface area (Å²) < 4.78 is 23.3. The Kier molecular flexibility index (Phi) is 7.26. The Morgan fingerprint density at radius 2 is 2.04 bits per heavy atom. The molecule has 1 aromatic carbocycles. The van der Waals surface area contributed by atoms with Crippen LogP contribution in [0.5, 0.6) is 0 Å². The Hall–Kier alpha value is -1.18. The molecule has 1 atom stereocenters. The summed E-state index contributed by atoms with van der Waals surface area (Å²) in [5, 5.41) is 0. The quantitative estimate of drug-likeness (QED) is 0.565. The van der Waals surface area contributed by atoms with E-state index in [1.54, 1.807) is 14.2 Å². The van der Waals surface area contributed by atoms with Crippen molar-refractivity contribution >= 4 is 14.5 Å². The molecule has 0 aromatic heterocycles. The van der Waals surface area contributed by atoms with Gasteiger partial charge in [0.15, 0.2) is 0 Å². The van der Waals surface area contributed by atoms with Crippen molar-refractivity contribution in [2.75, 3.05) is 45.4 Å². The number of ether oxygens (including phenoxy) is 1. The fourth-order valence-electron chi connectivity index (χ4n) is 2.75. The van der Waals surface area contributed by atoms with Crippen molar-refractivity contribution in [1.29, 1.82) is 0 Å². The topological polar surface area (TPSA) is 40.2 Å². The van der Waals surface area contributed by atoms with Gasteiger partial charge in [0, 0.05) is 45.6 Å². The second kappa shape index (κ2) is 9.20. The summed E-state index contributed by atoms with van der Waals surface area (Å²) in [6.45, 7) is 6.57. The molecule has 0 aliphatic carbocycles. The Bertz CT molecular complexity index is 467. The van der Waals surface area contributed by atoms with Crippen LogP contribution in [0.1, 0.15) is 6.42 Å². The zero-order valence-corrected chi connectivity index (χ0v) is 15.1. The fraction of sp³-hybridized carbons (Fsp3) is 0.529. The Balaban J connectivity index is 2.11. The Morgan fingerprint density at radius 3 is 2.70 bits per heavy atom. The molecular formula is C17H27NO4Si. The number of hydrogen-bond acceptors (Lipinski definition) is 5. The standard InChI is InChI=1S/C17H27NO4Si/c1-4-11-18(16-9-6-5-7-10-16)14-17-15-21-12-8-13-23(19-2,20-3)22-17/h4-7,9-10,17H,1,8,11-15H2,2-3H3. The summed E-state index contributed by atoms with van der Waals surface area (Å²) in [6, 6.07) is 11.0. The van der Waals surface area contributed by atoms with E-state index in [9.17, 15) is 0 Å². The molecule has 1 aliphatic rings. The van der Waals surface area contributed by atoms with Crippen molar-refractivity contribution in [3.63, 3.8) is 0 Å². The van der Waals surface area contributed by atoms with Crippen molar-refractivity contribution in [1.82, 2.24) is 0 Å². The maximum Gasteiger partial charge on any atom is 0.500 e. The molecule has 5 nitrogen and oxygen atoms in total. The largest absolute Gasteiger partial charge is 0.500 e. The van der Waals surface area contributed by atoms with Gasteiger partial charge in [-0.15, -0.1) is 6.58 Å². The van der Waals surface area contributed by atoms with Gasteiger partial charge in [-0.2, -0.15) is 0 Å². The molecule has 1 unspecified atom stereocenters. The van der Waals surface area contributed by atoms with Gasteiger partial charge in [-0.05, 0) is 18.6 Å². The van der Waals surface area contributed by atoms with E-state index in [4.69, 9.17) is 18.0 Å². The monoisotopic (exact) mass is 337 g/mol. The molecule has 23 heavy (non-hydrogen) atoms. The van der Waals surface area contributed by atoms with Crippen molar-refractivity contribution < 1.29 is 18.0 Å². The van der Waals surface area contributed by atoms with Crippen molar-refractivity contribution in [3.8, 4) is 0 Å². The zero-order chi connectivity index (χ0) is 16.5. The number of anilines is 1. The molecule has 128 valence electrons. The molecule has 0 saturated carbocycles. The van der Waals surface area contributed by atoms with E-state index in [-0.39, 0.29) is 6.10 Å². The first-order chi connectivity index (χ1) is 11.2. The molecule has 0 bridgehead atoms. The smallest absolute Gasteiger partial charge is 0.379 e. The van der Waals surface area contributed by atoms with E-state index in [0.717, 1.165) is 24.7 Å². The molecule has 0 spiro atoms. The molecule has 6 heteroatoms. The number of benzene rings is 1. The Morgan fingerprint density at radius 1 is 1.30 bits per heavy atom. The molecular weight excluding hydrogens is 310 g/mol. The predicted octanol–water partition coefficient (Wildman–Crippen LogP) is 2.72. The van der Waals surface area contributed by atoms with Crippen LogP contribution in [-0.4, -0.2) is 55.4 Å². The molecule has 0 N–H and O–H groups in total. The summed E-state index contributed by atoms with van der Waals surface area (Å²) in [5.74, 6) is 0. The first kappa shape index (κ1) is 18.2. The van der Waals surface area contributed by atoms with E-state index in [0.29, 0.717) is 19.8 Å². The minimum absolute atomic E-state index is 0.0953. The third-order valence-electron chi connectivity index (χ3n) is 3.94. The van der Waals surface area contributed by atoms with E-state index >= 15 is 0 Å². The highest BCUT2D eigenvalue weighted by Crippen LogP contribution is 2.22. The lowest BCUT2D eigenvalue weighted by Gasteiger charge is -2.36. The zero-order valence-electron chi connectivity index (χ0n) is 14.1. The molecule has 2 rings (SSSR count). The maximum atomic E-state index is 6.27. The highest BCUT2D eigenvalue weighted by molar-refractivity contribution is 6.60. The first-order valence-corrected chi connectivity index (χ1v) is 9.93. The first-order valence-electron chi connectivity index (χ1n) is 8.00. The molecule has 0 radical (unpaired) electrons. The molecule has 1 aliphatic heterocycles. The lowest BCUT2D eigenvalue weighted by Crippen LogP contribution is -2.51. The molecule has 1 heterocycles. The minimum Gasteiger partial charge on any atom is -0.379 e. The van der Waals surface area contributed by atoms with Crippen molar-refractivity contribution in [3.05, 3.63) is 43.0 Å². The number of nitrogens with zero attached hydrogens (tertiary/aromatic N) is 1. The highest BCUT2D eigenvalue weighted by atomic mass is 28.4. The summed E-state index contributed by atoms with van der Waals surface area (Å²) in [5.41, 5.74) is 1.14. The number of hydrogen-bond donors (Lipinski definition) is 0. The van der Waals surface area contributed by atoms with Gasteiger partial charge >= 0.3 is 8.80 Å². The summed E-state index contributed by atoms with van der Waals surface area (Å²) in [4.78, 5) is 2.23. The summed E-state index contributed by atoms with van der Waals surface area (Å²) in [6.07, 6.45) is 2.70. The molecule has 0 amide bonds. The molecule has 1 fully saturated rings. The number of rotatable bonds is 7. The maximum absolute atomic E-state index is 6.27. The van der Waals surface area contributed by atoms with Crippen LogP contribution in [0.25, 0.3) is 0 Å². The van der Waals surface area contributed by atoms with Crippen LogP contribution in [0, 0.1) is 0 Å². The van der Waals surface area contributed by atoms with Gasteiger partial charge in [0.05, 0.1) is 12.7 Å². The third kappa shape index (κ3) is 5.15. The van der Waals surface area contributed by atoms with Gasteiger partial charge in [-0.25, -0.2) is 0 Å². The Labute approximate surface area is 140 Å². The van der Waals surface area contributed by atoms with Gasteiger partial charge in [-0.3, -0.25) is 0 Å². The minimum atomic E-state index is -2.60. The lowest BCUT2D eigenvalue weighted by molar-refractivity contribution is -0.0111. The van der Waals surface area contributed by atoms with Crippen LogP contribution < -0.4 is 4.90 Å². The van der Waals surface area contributed by atoms with Crippen LogP contribution in [0.3, 0.4) is 0 Å². The number of para-hydroxylation sites is 1. The van der Waals surface area contributed by atoms with Gasteiger partial charge in [0.1, 0.15) is 0 Å². The van der Waals surface area contributed by atoms with E-state index < -0.39 is 8.80 Å². The highest BCUT2D eigenvalue weighted by Gasteiger charge is 2.42. The van der Waals surface area contributed by atoms with Crippen molar-refractivity contribution in [2.45, 2.75) is 18.6 Å². The van der Waals surface area contributed by atoms with E-state index in [2.05, 4.69) is 23.6 Å². The average Bonchev–Trinajstić information content (AvgIpc) is 2.58. The van der Waals surface area contributed by atoms with Crippen molar-refractivity contribution in [2.24, 2.45) is 0 Å². The van der Waals surface area contributed by atoms with E-state index in [1.165, 1.54) is 0 Å². The second-order valence-corrected chi connectivity index (χ2v) is 8.46. The lowest BCUT2D eigenvalue weighted by atomic mass is 10.2. The van der Waals surface area contributed by atoms with Crippen LogP contribution in [0.2, 0.25) is 6.04 Å². The van der Waals surface area contributed by atoms with Gasteiger partial charge in [0.25, 0.3) is 0 Å². The predicted molar refractivity (Wildman–Crippen MR) is 93.7 cm³/mol. The van der Waals surface area contributed by atoms with Gasteiger partial charge in [-0.1, -0.05) is 24.3 Å². The van der Waals surface area contributed by atoms with Crippen LogP contribution >= 0.6 is 0 Å². The van der Waals surface area contributed by atoms with Gasteiger partial charge in [0.2, 0.25) is 0 Å². The summed E-state index contributed by atoms with van der Waals surface area (Å²) in [7, 11) is 0.750. The molecule has 1 saturated heterocycles. The normalized spacial score (nSPS) is 21.2. The van der Waals surface area contributed by atoms with Crippen LogP contribution in [0.4, 0.5) is 5.69 Å². The average molecular weight is 337 g/mol. The van der Waals surface area contributed by atoms with Gasteiger partial charge < -0.3 is 22.9 Å².